The summed E-state index contributed by atoms with van der Waals surface area (Å²) in [4.78, 5) is 4.47. The lowest BCUT2D eigenvalue weighted by atomic mass is 9.86. The Morgan fingerprint density at radius 2 is 1.49 bits per heavy atom. The molecule has 0 radical (unpaired) electrons. The molecule has 3 aromatic rings. The summed E-state index contributed by atoms with van der Waals surface area (Å²) in [6.45, 7) is 14.5. The molecule has 0 saturated carbocycles. The van der Waals surface area contributed by atoms with Crippen molar-refractivity contribution in [3.05, 3.63) is 93.7 Å². The lowest BCUT2D eigenvalue weighted by Crippen LogP contribution is -2.03. The summed E-state index contributed by atoms with van der Waals surface area (Å²) in [7, 11) is 0. The molecule has 0 bridgehead atoms. The van der Waals surface area contributed by atoms with Gasteiger partial charge in [0.2, 0.25) is 0 Å². The summed E-state index contributed by atoms with van der Waals surface area (Å²) in [5.74, 6) is 0.212. The van der Waals surface area contributed by atoms with Gasteiger partial charge in [0.25, 0.3) is 0 Å². The Balaban J connectivity index is 1.94. The van der Waals surface area contributed by atoms with Crippen LogP contribution < -0.4 is 5.32 Å². The van der Waals surface area contributed by atoms with Crippen molar-refractivity contribution in [1.29, 1.82) is 0 Å². The smallest absolute Gasteiger partial charge is 0.134 e. The molecule has 1 N–H and O–H groups in total. The van der Waals surface area contributed by atoms with E-state index in [-0.39, 0.29) is 11.6 Å². The first-order valence-electron chi connectivity index (χ1n) is 12.1. The van der Waals surface area contributed by atoms with Gasteiger partial charge in [-0.05, 0) is 113 Å². The van der Waals surface area contributed by atoms with Crippen LogP contribution in [-0.4, -0.2) is 11.5 Å². The van der Waals surface area contributed by atoms with E-state index >= 15 is 4.39 Å². The first kappa shape index (κ1) is 26.3. The largest absolute Gasteiger partial charge is 0.367 e. The highest BCUT2D eigenvalue weighted by Crippen LogP contribution is 2.39. The first-order valence-corrected chi connectivity index (χ1v) is 12.1. The van der Waals surface area contributed by atoms with Crippen molar-refractivity contribution >= 4 is 5.82 Å². The van der Waals surface area contributed by atoms with Gasteiger partial charge in [-0.2, -0.15) is 0 Å². The highest BCUT2D eigenvalue weighted by Gasteiger charge is 2.20. The number of halogens is 2. The number of aryl methyl sites for hydroxylation is 1. The Labute approximate surface area is 208 Å². The maximum absolute atomic E-state index is 15.7. The second-order valence-corrected chi connectivity index (χ2v) is 9.66. The SMILES string of the molecule is CC(C)=CCCc1ccc(-c2c(C)c(C)c(-c3ccc(NCC=C(C)C)nc3)c(F)c2C)cc1F. The van der Waals surface area contributed by atoms with Crippen LogP contribution in [-0.2, 0) is 6.42 Å². The average Bonchev–Trinajstić information content (AvgIpc) is 2.80. The number of nitrogens with zero attached hydrogens (tertiary/aromatic N) is 1. The maximum Gasteiger partial charge on any atom is 0.134 e. The Kier molecular flexibility index (Phi) is 8.61. The summed E-state index contributed by atoms with van der Waals surface area (Å²) in [5, 5.41) is 3.25. The number of pyridine rings is 1. The van der Waals surface area contributed by atoms with E-state index in [2.05, 4.69) is 22.5 Å². The Bertz CT molecular complexity index is 1230. The molecule has 4 heteroatoms. The van der Waals surface area contributed by atoms with Gasteiger partial charge in [-0.1, -0.05) is 35.4 Å². The maximum atomic E-state index is 15.7. The molecule has 0 unspecified atom stereocenters. The number of hydrogen-bond acceptors (Lipinski definition) is 2. The standard InChI is InChI=1S/C31H36F2N2/c1-19(2)9-8-10-24-11-12-25(17-27(24)32)29-21(5)22(6)30(31(33)23(29)7)26-13-14-28(35-18-26)34-16-15-20(3)4/h9,11-15,17-18H,8,10,16H2,1-7H3,(H,34,35). The lowest BCUT2D eigenvalue weighted by molar-refractivity contribution is 0.609. The van der Waals surface area contributed by atoms with Crippen LogP contribution in [0.4, 0.5) is 14.6 Å². The van der Waals surface area contributed by atoms with Gasteiger partial charge in [0.15, 0.2) is 0 Å². The highest BCUT2D eigenvalue weighted by atomic mass is 19.1. The average molecular weight is 475 g/mol. The fraction of sp³-hybridized carbons (Fsp3) is 0.323. The van der Waals surface area contributed by atoms with Crippen LogP contribution in [0.15, 0.2) is 59.8 Å². The van der Waals surface area contributed by atoms with Gasteiger partial charge in [0.05, 0.1) is 0 Å². The van der Waals surface area contributed by atoms with Crippen LogP contribution in [0.1, 0.15) is 56.4 Å². The number of nitrogens with one attached hydrogen (secondary N) is 1. The Morgan fingerprint density at radius 3 is 2.09 bits per heavy atom. The van der Waals surface area contributed by atoms with Crippen LogP contribution in [0.25, 0.3) is 22.3 Å². The number of aromatic nitrogens is 1. The summed E-state index contributed by atoms with van der Waals surface area (Å²) >= 11 is 0. The monoisotopic (exact) mass is 474 g/mol. The molecule has 0 fully saturated rings. The number of rotatable bonds is 8. The molecule has 1 aromatic heterocycles. The van der Waals surface area contributed by atoms with E-state index in [1.54, 1.807) is 19.2 Å². The van der Waals surface area contributed by atoms with Crippen molar-refractivity contribution in [3.63, 3.8) is 0 Å². The molecule has 1 heterocycles. The van der Waals surface area contributed by atoms with Crippen molar-refractivity contribution in [2.75, 3.05) is 11.9 Å². The van der Waals surface area contributed by atoms with Crippen LogP contribution in [0.2, 0.25) is 0 Å². The molecular formula is C31H36F2N2. The molecule has 184 valence electrons. The number of benzene rings is 2. The first-order chi connectivity index (χ1) is 16.6. The van der Waals surface area contributed by atoms with E-state index in [1.807, 2.05) is 65.8 Å². The van der Waals surface area contributed by atoms with E-state index in [0.29, 0.717) is 35.2 Å². The molecular weight excluding hydrogens is 438 g/mol. The summed E-state index contributed by atoms with van der Waals surface area (Å²) in [6, 6.07) is 9.04. The second kappa shape index (κ2) is 11.4. The molecule has 0 aliphatic heterocycles. The van der Waals surface area contributed by atoms with Gasteiger partial charge in [0, 0.05) is 23.9 Å². The quantitative estimate of drug-likeness (QED) is 0.330. The molecule has 0 atom stereocenters. The molecule has 0 aliphatic rings. The molecule has 0 spiro atoms. The second-order valence-electron chi connectivity index (χ2n) is 9.66. The zero-order valence-electron chi connectivity index (χ0n) is 21.9. The minimum Gasteiger partial charge on any atom is -0.367 e. The minimum absolute atomic E-state index is 0.244. The zero-order valence-corrected chi connectivity index (χ0v) is 21.9. The van der Waals surface area contributed by atoms with Gasteiger partial charge in [-0.3, -0.25) is 0 Å². The third-order valence-corrected chi connectivity index (χ3v) is 6.39. The number of hydrogen-bond donors (Lipinski definition) is 1. The van der Waals surface area contributed by atoms with Gasteiger partial charge >= 0.3 is 0 Å². The topological polar surface area (TPSA) is 24.9 Å². The molecule has 3 rings (SSSR count). The zero-order chi connectivity index (χ0) is 25.7. The van der Waals surface area contributed by atoms with Crippen LogP contribution in [0.3, 0.4) is 0 Å². The Morgan fingerprint density at radius 1 is 0.829 bits per heavy atom. The molecule has 0 amide bonds. The predicted octanol–water partition coefficient (Wildman–Crippen LogP) is 8.90. The van der Waals surface area contributed by atoms with Crippen molar-refractivity contribution in [3.8, 4) is 22.3 Å². The van der Waals surface area contributed by atoms with E-state index < -0.39 is 0 Å². The fourth-order valence-electron chi connectivity index (χ4n) is 4.32. The van der Waals surface area contributed by atoms with Crippen molar-refractivity contribution in [1.82, 2.24) is 4.98 Å². The van der Waals surface area contributed by atoms with Gasteiger partial charge in [-0.15, -0.1) is 0 Å². The number of allylic oxidation sites excluding steroid dienone is 3. The van der Waals surface area contributed by atoms with Crippen molar-refractivity contribution < 1.29 is 8.78 Å². The Hall–Kier alpha value is -3.27. The third-order valence-electron chi connectivity index (χ3n) is 6.39. The van der Waals surface area contributed by atoms with Crippen LogP contribution in [0, 0.1) is 32.4 Å². The minimum atomic E-state index is -0.289. The third kappa shape index (κ3) is 6.25. The van der Waals surface area contributed by atoms with Crippen molar-refractivity contribution in [2.45, 2.75) is 61.3 Å². The molecule has 2 aromatic carbocycles. The molecule has 2 nitrogen and oxygen atoms in total. The van der Waals surface area contributed by atoms with Gasteiger partial charge in [-0.25, -0.2) is 13.8 Å². The van der Waals surface area contributed by atoms with E-state index in [0.717, 1.165) is 34.5 Å². The molecule has 0 saturated heterocycles. The fourth-order valence-corrected chi connectivity index (χ4v) is 4.32. The van der Waals surface area contributed by atoms with Gasteiger partial charge < -0.3 is 5.32 Å². The van der Waals surface area contributed by atoms with Crippen LogP contribution >= 0.6 is 0 Å². The molecule has 35 heavy (non-hydrogen) atoms. The van der Waals surface area contributed by atoms with E-state index in [4.69, 9.17) is 0 Å². The highest BCUT2D eigenvalue weighted by molar-refractivity contribution is 5.80. The number of anilines is 1. The normalized spacial score (nSPS) is 10.8. The van der Waals surface area contributed by atoms with E-state index in [1.165, 1.54) is 11.1 Å². The van der Waals surface area contributed by atoms with Crippen LogP contribution in [0.5, 0.6) is 0 Å². The summed E-state index contributed by atoms with van der Waals surface area (Å²) in [5.41, 5.74) is 8.17. The summed E-state index contributed by atoms with van der Waals surface area (Å²) in [6.07, 6.45) is 7.35. The van der Waals surface area contributed by atoms with E-state index in [9.17, 15) is 4.39 Å². The molecule has 0 aliphatic carbocycles. The lowest BCUT2D eigenvalue weighted by Gasteiger charge is -2.19. The summed E-state index contributed by atoms with van der Waals surface area (Å²) < 4.78 is 30.6. The predicted molar refractivity (Wildman–Crippen MR) is 145 cm³/mol. The van der Waals surface area contributed by atoms with Crippen molar-refractivity contribution in [2.24, 2.45) is 0 Å². The van der Waals surface area contributed by atoms with Gasteiger partial charge in [0.1, 0.15) is 17.5 Å².